The van der Waals surface area contributed by atoms with Gasteiger partial charge in [-0.25, -0.2) is 0 Å². The number of fused-ring (bicyclic) bond motifs is 2. The van der Waals surface area contributed by atoms with Gasteiger partial charge in [-0.1, -0.05) is 34.0 Å². The van der Waals surface area contributed by atoms with E-state index in [1.807, 2.05) is 18.2 Å². The molecular weight excluding hydrogens is 324 g/mol. The van der Waals surface area contributed by atoms with Crippen molar-refractivity contribution >= 4 is 27.5 Å². The van der Waals surface area contributed by atoms with E-state index in [1.165, 1.54) is 37.7 Å². The Morgan fingerprint density at radius 2 is 2.21 bits per heavy atom. The highest BCUT2D eigenvalue weighted by Crippen LogP contribution is 2.52. The summed E-state index contributed by atoms with van der Waals surface area (Å²) in [6.07, 6.45) is 7.01. The van der Waals surface area contributed by atoms with Crippen LogP contribution >= 0.6 is 27.5 Å². The van der Waals surface area contributed by atoms with Gasteiger partial charge in [0, 0.05) is 15.4 Å². The fourth-order valence-corrected chi connectivity index (χ4v) is 5.03. The van der Waals surface area contributed by atoms with Crippen LogP contribution in [0.5, 0.6) is 5.75 Å². The molecule has 3 heteroatoms. The molecule has 19 heavy (non-hydrogen) atoms. The lowest BCUT2D eigenvalue weighted by Crippen LogP contribution is -2.12. The molecular formula is C16H20BrClO. The second kappa shape index (κ2) is 5.65. The highest BCUT2D eigenvalue weighted by molar-refractivity contribution is 9.09. The molecule has 0 spiro atoms. The van der Waals surface area contributed by atoms with Gasteiger partial charge in [-0.15, -0.1) is 0 Å². The van der Waals surface area contributed by atoms with Crippen LogP contribution in [0.15, 0.2) is 18.2 Å². The largest absolute Gasteiger partial charge is 0.496 e. The monoisotopic (exact) mass is 342 g/mol. The molecule has 2 bridgehead atoms. The van der Waals surface area contributed by atoms with Crippen LogP contribution in [0, 0.1) is 17.8 Å². The summed E-state index contributed by atoms with van der Waals surface area (Å²) in [5.74, 6) is 3.80. The molecule has 0 saturated heterocycles. The Labute approximate surface area is 128 Å². The van der Waals surface area contributed by atoms with Crippen molar-refractivity contribution in [3.05, 3.63) is 28.8 Å². The van der Waals surface area contributed by atoms with Crippen LogP contribution < -0.4 is 4.74 Å². The molecule has 1 aromatic carbocycles. The molecule has 2 aliphatic rings. The van der Waals surface area contributed by atoms with E-state index in [-0.39, 0.29) is 0 Å². The lowest BCUT2D eigenvalue weighted by molar-refractivity contribution is 0.312. The Morgan fingerprint density at radius 3 is 2.84 bits per heavy atom. The molecule has 2 aliphatic carbocycles. The number of alkyl halides is 1. The minimum atomic E-state index is 0.352. The number of halogens is 2. The number of hydrogen-bond acceptors (Lipinski definition) is 1. The smallest absolute Gasteiger partial charge is 0.123 e. The molecule has 2 saturated carbocycles. The second-order valence-corrected chi connectivity index (χ2v) is 7.57. The third kappa shape index (κ3) is 2.80. The van der Waals surface area contributed by atoms with Crippen molar-refractivity contribution in [3.63, 3.8) is 0 Å². The van der Waals surface area contributed by atoms with Crippen LogP contribution in [0.1, 0.15) is 42.5 Å². The average Bonchev–Trinajstić information content (AvgIpc) is 3.01. The number of rotatable bonds is 4. The third-order valence-electron chi connectivity index (χ3n) is 4.92. The quantitative estimate of drug-likeness (QED) is 0.646. The van der Waals surface area contributed by atoms with Gasteiger partial charge in [-0.05, 0) is 61.6 Å². The molecule has 4 atom stereocenters. The number of ether oxygens (including phenoxy) is 1. The Balaban J connectivity index is 1.73. The molecule has 2 fully saturated rings. The summed E-state index contributed by atoms with van der Waals surface area (Å²) in [4.78, 5) is 0.352. The number of benzene rings is 1. The van der Waals surface area contributed by atoms with E-state index in [1.54, 1.807) is 7.11 Å². The molecule has 0 N–H and O–H groups in total. The predicted octanol–water partition coefficient (Wildman–Crippen LogP) is 5.61. The SMILES string of the molecule is COc1ccc(Cl)cc1C(Br)CC1CC2CCC1C2. The maximum Gasteiger partial charge on any atom is 0.123 e. The van der Waals surface area contributed by atoms with Gasteiger partial charge in [0.2, 0.25) is 0 Å². The predicted molar refractivity (Wildman–Crippen MR) is 83.2 cm³/mol. The normalized spacial score (nSPS) is 30.6. The first-order valence-corrected chi connectivity index (χ1v) is 8.44. The van der Waals surface area contributed by atoms with E-state index < -0.39 is 0 Å². The Morgan fingerprint density at radius 1 is 1.37 bits per heavy atom. The van der Waals surface area contributed by atoms with Crippen molar-refractivity contribution in [2.45, 2.75) is 36.9 Å². The summed E-state index contributed by atoms with van der Waals surface area (Å²) < 4.78 is 5.46. The summed E-state index contributed by atoms with van der Waals surface area (Å²) in [5.41, 5.74) is 1.19. The van der Waals surface area contributed by atoms with Crippen molar-refractivity contribution in [2.24, 2.45) is 17.8 Å². The molecule has 1 aromatic rings. The zero-order chi connectivity index (χ0) is 13.4. The number of hydrogen-bond donors (Lipinski definition) is 0. The minimum absolute atomic E-state index is 0.352. The molecule has 104 valence electrons. The highest BCUT2D eigenvalue weighted by Gasteiger charge is 2.40. The Bertz CT molecular complexity index is 462. The Hall–Kier alpha value is -0.210. The zero-order valence-electron chi connectivity index (χ0n) is 11.2. The van der Waals surface area contributed by atoms with E-state index in [2.05, 4.69) is 15.9 Å². The fraction of sp³-hybridized carbons (Fsp3) is 0.625. The molecule has 3 rings (SSSR count). The van der Waals surface area contributed by atoms with Crippen LogP contribution in [0.2, 0.25) is 5.02 Å². The lowest BCUT2D eigenvalue weighted by atomic mass is 9.84. The first-order valence-electron chi connectivity index (χ1n) is 7.15. The standard InChI is InChI=1S/C16H20BrClO/c1-19-16-5-4-13(18)9-14(16)15(17)8-12-7-10-2-3-11(12)6-10/h4-5,9-12,15H,2-3,6-8H2,1H3. The summed E-state index contributed by atoms with van der Waals surface area (Å²) in [6, 6.07) is 5.89. The second-order valence-electron chi connectivity index (χ2n) is 6.02. The van der Waals surface area contributed by atoms with Gasteiger partial charge < -0.3 is 4.74 Å². The van der Waals surface area contributed by atoms with Crippen molar-refractivity contribution in [1.29, 1.82) is 0 Å². The molecule has 0 radical (unpaired) electrons. The van der Waals surface area contributed by atoms with Crippen LogP contribution in [-0.2, 0) is 0 Å². The van der Waals surface area contributed by atoms with Gasteiger partial charge in [0.05, 0.1) is 7.11 Å². The van der Waals surface area contributed by atoms with Crippen LogP contribution in [0.25, 0.3) is 0 Å². The maximum atomic E-state index is 6.12. The highest BCUT2D eigenvalue weighted by atomic mass is 79.9. The molecule has 0 heterocycles. The van der Waals surface area contributed by atoms with E-state index in [0.717, 1.165) is 28.5 Å². The minimum Gasteiger partial charge on any atom is -0.496 e. The topological polar surface area (TPSA) is 9.23 Å². The summed E-state index contributed by atoms with van der Waals surface area (Å²) in [6.45, 7) is 0. The van der Waals surface area contributed by atoms with Gasteiger partial charge in [0.15, 0.2) is 0 Å². The summed E-state index contributed by atoms with van der Waals surface area (Å²) in [7, 11) is 1.73. The summed E-state index contributed by atoms with van der Waals surface area (Å²) >= 11 is 9.98. The van der Waals surface area contributed by atoms with Gasteiger partial charge in [-0.3, -0.25) is 0 Å². The molecule has 0 amide bonds. The summed E-state index contributed by atoms with van der Waals surface area (Å²) in [5, 5.41) is 0.785. The van der Waals surface area contributed by atoms with Crippen LogP contribution in [0.4, 0.5) is 0 Å². The molecule has 4 unspecified atom stereocenters. The van der Waals surface area contributed by atoms with E-state index in [0.29, 0.717) is 4.83 Å². The first-order chi connectivity index (χ1) is 9.17. The van der Waals surface area contributed by atoms with Crippen LogP contribution in [-0.4, -0.2) is 7.11 Å². The Kier molecular flexibility index (Phi) is 4.09. The van der Waals surface area contributed by atoms with Gasteiger partial charge in [-0.2, -0.15) is 0 Å². The van der Waals surface area contributed by atoms with Crippen molar-refractivity contribution in [2.75, 3.05) is 7.11 Å². The molecule has 0 aliphatic heterocycles. The lowest BCUT2D eigenvalue weighted by Gasteiger charge is -2.25. The maximum absolute atomic E-state index is 6.12. The van der Waals surface area contributed by atoms with Crippen molar-refractivity contribution < 1.29 is 4.74 Å². The molecule has 1 nitrogen and oxygen atoms in total. The van der Waals surface area contributed by atoms with E-state index in [9.17, 15) is 0 Å². The van der Waals surface area contributed by atoms with Gasteiger partial charge >= 0.3 is 0 Å². The van der Waals surface area contributed by atoms with Crippen molar-refractivity contribution in [3.8, 4) is 5.75 Å². The third-order valence-corrected chi connectivity index (χ3v) is 6.03. The fourth-order valence-electron chi connectivity index (χ4n) is 4.01. The van der Waals surface area contributed by atoms with Gasteiger partial charge in [0.1, 0.15) is 5.75 Å². The van der Waals surface area contributed by atoms with Crippen molar-refractivity contribution in [1.82, 2.24) is 0 Å². The zero-order valence-corrected chi connectivity index (χ0v) is 13.6. The van der Waals surface area contributed by atoms with Crippen LogP contribution in [0.3, 0.4) is 0 Å². The molecule has 0 aromatic heterocycles. The van der Waals surface area contributed by atoms with E-state index in [4.69, 9.17) is 16.3 Å². The first kappa shape index (κ1) is 13.8. The van der Waals surface area contributed by atoms with E-state index >= 15 is 0 Å². The number of methoxy groups -OCH3 is 1. The van der Waals surface area contributed by atoms with Gasteiger partial charge in [0.25, 0.3) is 0 Å². The average molecular weight is 344 g/mol.